The predicted octanol–water partition coefficient (Wildman–Crippen LogP) is 1.14. The summed E-state index contributed by atoms with van der Waals surface area (Å²) in [6.07, 6.45) is 6.33. The van der Waals surface area contributed by atoms with Crippen LogP contribution in [0.5, 0.6) is 0 Å². The number of nitrogens with one attached hydrogen (secondary N) is 1. The first-order valence-corrected chi connectivity index (χ1v) is 5.89. The first-order valence-electron chi connectivity index (χ1n) is 5.51. The summed E-state index contributed by atoms with van der Waals surface area (Å²) in [5, 5.41) is 3.98. The number of imidazole rings is 2. The maximum Gasteiger partial charge on any atom is 0.128 e. The zero-order valence-corrected chi connectivity index (χ0v) is 10.8. The van der Waals surface area contributed by atoms with Crippen LogP contribution < -0.4 is 5.32 Å². The van der Waals surface area contributed by atoms with E-state index in [2.05, 4.69) is 15.3 Å². The van der Waals surface area contributed by atoms with Gasteiger partial charge in [0.1, 0.15) is 16.8 Å². The fourth-order valence-corrected chi connectivity index (χ4v) is 1.77. The molecule has 5 nitrogen and oxygen atoms in total. The van der Waals surface area contributed by atoms with Crippen molar-refractivity contribution >= 4 is 11.6 Å². The van der Waals surface area contributed by atoms with Crippen LogP contribution in [-0.4, -0.2) is 25.6 Å². The van der Waals surface area contributed by atoms with Gasteiger partial charge in [-0.2, -0.15) is 0 Å². The van der Waals surface area contributed by atoms with E-state index in [9.17, 15) is 0 Å². The number of aromatic nitrogens is 4. The minimum absolute atomic E-state index is 0.658. The molecule has 2 aromatic rings. The Bertz CT molecular complexity index is 488. The van der Waals surface area contributed by atoms with Gasteiger partial charge in [0, 0.05) is 39.5 Å². The molecule has 0 aromatic carbocycles. The fraction of sp³-hybridized carbons (Fsp3) is 0.455. The predicted molar refractivity (Wildman–Crippen MR) is 66.8 cm³/mol. The summed E-state index contributed by atoms with van der Waals surface area (Å²) < 4.78 is 3.90. The van der Waals surface area contributed by atoms with Crippen molar-refractivity contribution in [2.75, 3.05) is 6.54 Å². The van der Waals surface area contributed by atoms with E-state index < -0.39 is 0 Å². The second kappa shape index (κ2) is 5.33. The molecule has 1 N–H and O–H groups in total. The smallest absolute Gasteiger partial charge is 0.128 e. The van der Waals surface area contributed by atoms with Gasteiger partial charge in [-0.05, 0) is 0 Å². The van der Waals surface area contributed by atoms with E-state index in [-0.39, 0.29) is 0 Å². The zero-order valence-electron chi connectivity index (χ0n) is 10.0. The molecule has 0 atom stereocenters. The van der Waals surface area contributed by atoms with Gasteiger partial charge in [-0.15, -0.1) is 0 Å². The van der Waals surface area contributed by atoms with Crippen molar-refractivity contribution in [3.05, 3.63) is 35.4 Å². The molecule has 0 spiro atoms. The van der Waals surface area contributed by atoms with Crippen LogP contribution in [0.25, 0.3) is 0 Å². The Morgan fingerprint density at radius 3 is 2.71 bits per heavy atom. The lowest BCUT2D eigenvalue weighted by atomic mass is 10.4. The average molecular weight is 254 g/mol. The molecule has 92 valence electrons. The lowest BCUT2D eigenvalue weighted by Crippen LogP contribution is -2.20. The summed E-state index contributed by atoms with van der Waals surface area (Å²) in [6.45, 7) is 1.59. The molecule has 17 heavy (non-hydrogen) atoms. The Kier molecular flexibility index (Phi) is 3.81. The SMILES string of the molecule is Cn1ccnc1CCNCc1ncc(Cl)n1C. The van der Waals surface area contributed by atoms with Crippen molar-refractivity contribution in [1.29, 1.82) is 0 Å². The van der Waals surface area contributed by atoms with Gasteiger partial charge < -0.3 is 14.5 Å². The maximum absolute atomic E-state index is 5.90. The normalized spacial score (nSPS) is 11.0. The minimum Gasteiger partial charge on any atom is -0.338 e. The number of hydrogen-bond acceptors (Lipinski definition) is 3. The summed E-state index contributed by atoms with van der Waals surface area (Å²) in [7, 11) is 3.91. The molecular formula is C11H16ClN5. The highest BCUT2D eigenvalue weighted by atomic mass is 35.5. The number of rotatable bonds is 5. The Hall–Kier alpha value is -1.33. The fourth-order valence-electron chi connectivity index (χ4n) is 1.63. The average Bonchev–Trinajstić information content (AvgIpc) is 2.85. The number of nitrogens with zero attached hydrogens (tertiary/aromatic N) is 4. The van der Waals surface area contributed by atoms with Crippen LogP contribution in [-0.2, 0) is 27.1 Å². The molecule has 0 bridgehead atoms. The van der Waals surface area contributed by atoms with Gasteiger partial charge in [-0.1, -0.05) is 11.6 Å². The first kappa shape index (κ1) is 12.1. The molecule has 0 amide bonds. The Balaban J connectivity index is 1.77. The molecule has 0 saturated carbocycles. The Labute approximate surface area is 105 Å². The number of halogens is 1. The third-order valence-electron chi connectivity index (χ3n) is 2.76. The van der Waals surface area contributed by atoms with E-state index in [1.807, 2.05) is 35.6 Å². The van der Waals surface area contributed by atoms with Crippen molar-refractivity contribution < 1.29 is 0 Å². The van der Waals surface area contributed by atoms with Crippen LogP contribution in [0.1, 0.15) is 11.6 Å². The van der Waals surface area contributed by atoms with Gasteiger partial charge in [-0.3, -0.25) is 0 Å². The largest absolute Gasteiger partial charge is 0.338 e. The Morgan fingerprint density at radius 2 is 2.12 bits per heavy atom. The van der Waals surface area contributed by atoms with Gasteiger partial charge >= 0.3 is 0 Å². The third kappa shape index (κ3) is 2.87. The first-order chi connectivity index (χ1) is 8.18. The molecule has 0 radical (unpaired) electrons. The van der Waals surface area contributed by atoms with Crippen LogP contribution in [0.2, 0.25) is 5.15 Å². The van der Waals surface area contributed by atoms with Crippen LogP contribution in [0.3, 0.4) is 0 Å². The zero-order chi connectivity index (χ0) is 12.3. The summed E-state index contributed by atoms with van der Waals surface area (Å²) >= 11 is 5.90. The molecule has 0 unspecified atom stereocenters. The van der Waals surface area contributed by atoms with Crippen molar-refractivity contribution in [2.24, 2.45) is 14.1 Å². The van der Waals surface area contributed by atoms with Crippen LogP contribution in [0.15, 0.2) is 18.6 Å². The summed E-state index contributed by atoms with van der Waals surface area (Å²) in [4.78, 5) is 8.48. The molecule has 0 aliphatic heterocycles. The van der Waals surface area contributed by atoms with Gasteiger partial charge in [0.2, 0.25) is 0 Å². The van der Waals surface area contributed by atoms with E-state index >= 15 is 0 Å². The van der Waals surface area contributed by atoms with Crippen LogP contribution in [0, 0.1) is 0 Å². The van der Waals surface area contributed by atoms with E-state index in [4.69, 9.17) is 11.6 Å². The van der Waals surface area contributed by atoms with E-state index in [0.717, 1.165) is 24.6 Å². The second-order valence-electron chi connectivity index (χ2n) is 3.94. The molecule has 0 aliphatic rings. The third-order valence-corrected chi connectivity index (χ3v) is 3.11. The van der Waals surface area contributed by atoms with Crippen molar-refractivity contribution in [3.63, 3.8) is 0 Å². The maximum atomic E-state index is 5.90. The van der Waals surface area contributed by atoms with Crippen molar-refractivity contribution in [2.45, 2.75) is 13.0 Å². The highest BCUT2D eigenvalue weighted by Gasteiger charge is 2.04. The van der Waals surface area contributed by atoms with Gasteiger partial charge in [0.15, 0.2) is 0 Å². The topological polar surface area (TPSA) is 47.7 Å². The molecule has 6 heteroatoms. The van der Waals surface area contributed by atoms with Crippen LogP contribution in [0.4, 0.5) is 0 Å². The lowest BCUT2D eigenvalue weighted by molar-refractivity contribution is 0.620. The van der Waals surface area contributed by atoms with E-state index in [1.54, 1.807) is 6.20 Å². The van der Waals surface area contributed by atoms with Gasteiger partial charge in [0.25, 0.3) is 0 Å². The highest BCUT2D eigenvalue weighted by Crippen LogP contribution is 2.08. The number of hydrogen-bond donors (Lipinski definition) is 1. The van der Waals surface area contributed by atoms with Gasteiger partial charge in [-0.25, -0.2) is 9.97 Å². The summed E-state index contributed by atoms with van der Waals surface area (Å²) in [5.41, 5.74) is 0. The molecule has 0 fully saturated rings. The van der Waals surface area contributed by atoms with E-state index in [1.165, 1.54) is 0 Å². The molecule has 2 rings (SSSR count). The quantitative estimate of drug-likeness (QED) is 0.813. The van der Waals surface area contributed by atoms with Crippen molar-refractivity contribution in [3.8, 4) is 0 Å². The van der Waals surface area contributed by atoms with E-state index in [0.29, 0.717) is 11.7 Å². The van der Waals surface area contributed by atoms with Gasteiger partial charge in [0.05, 0.1) is 12.7 Å². The number of aryl methyl sites for hydroxylation is 1. The molecule has 2 heterocycles. The molecule has 2 aromatic heterocycles. The summed E-state index contributed by atoms with van der Waals surface area (Å²) in [6, 6.07) is 0. The molecular weight excluding hydrogens is 238 g/mol. The second-order valence-corrected chi connectivity index (χ2v) is 4.32. The van der Waals surface area contributed by atoms with Crippen LogP contribution >= 0.6 is 11.6 Å². The monoisotopic (exact) mass is 253 g/mol. The standard InChI is InChI=1S/C11H16ClN5/c1-16-6-5-14-10(16)3-4-13-8-11-15-7-9(12)17(11)2/h5-7,13H,3-4,8H2,1-2H3. The highest BCUT2D eigenvalue weighted by molar-refractivity contribution is 6.29. The minimum atomic E-state index is 0.658. The molecule has 0 saturated heterocycles. The molecule has 0 aliphatic carbocycles. The van der Waals surface area contributed by atoms with Crippen molar-refractivity contribution in [1.82, 2.24) is 24.4 Å². The lowest BCUT2D eigenvalue weighted by Gasteiger charge is -2.05. The summed E-state index contributed by atoms with van der Waals surface area (Å²) in [5.74, 6) is 2.02. The Morgan fingerprint density at radius 1 is 1.29 bits per heavy atom.